The molecule has 19 heavy (non-hydrogen) atoms. The molecule has 0 radical (unpaired) electrons. The summed E-state index contributed by atoms with van der Waals surface area (Å²) in [7, 11) is 0. The van der Waals surface area contributed by atoms with Crippen LogP contribution in [0.4, 0.5) is 0 Å². The first-order chi connectivity index (χ1) is 9.24. The van der Waals surface area contributed by atoms with E-state index in [1.165, 1.54) is 5.56 Å². The molecule has 0 amide bonds. The lowest BCUT2D eigenvalue weighted by molar-refractivity contribution is 0.166. The van der Waals surface area contributed by atoms with Crippen LogP contribution >= 0.6 is 11.6 Å². The molecule has 1 aliphatic heterocycles. The van der Waals surface area contributed by atoms with Crippen LogP contribution in [0.2, 0.25) is 5.02 Å². The van der Waals surface area contributed by atoms with Gasteiger partial charge in [-0.1, -0.05) is 17.7 Å². The number of nitrogens with one attached hydrogen (secondary N) is 1. The van der Waals surface area contributed by atoms with E-state index in [4.69, 9.17) is 11.6 Å². The Balaban J connectivity index is 1.95. The third-order valence-corrected chi connectivity index (χ3v) is 3.98. The number of piperazine rings is 1. The molecule has 1 atom stereocenters. The summed E-state index contributed by atoms with van der Waals surface area (Å²) in [5.74, 6) is 0. The highest BCUT2D eigenvalue weighted by Gasteiger charge is 2.19. The van der Waals surface area contributed by atoms with Crippen molar-refractivity contribution in [1.29, 1.82) is 0 Å². The zero-order valence-corrected chi connectivity index (χ0v) is 11.8. The smallest absolute Gasteiger partial charge is 0.0747 e. The number of hydrogen-bond acceptors (Lipinski definition) is 3. The Bertz CT molecular complexity index is 585. The van der Waals surface area contributed by atoms with Gasteiger partial charge in [0.15, 0.2) is 0 Å². The number of hydrogen-bond donors (Lipinski definition) is 1. The molecule has 4 heteroatoms. The van der Waals surface area contributed by atoms with Crippen LogP contribution in [-0.2, 0) is 6.54 Å². The molecule has 0 aliphatic carbocycles. The maximum atomic E-state index is 6.22. The molecule has 0 saturated carbocycles. The number of nitrogens with zero attached hydrogens (tertiary/aromatic N) is 2. The van der Waals surface area contributed by atoms with Gasteiger partial charge in [-0.05, 0) is 30.7 Å². The number of pyridine rings is 1. The summed E-state index contributed by atoms with van der Waals surface area (Å²) in [6.07, 6.45) is 1.85. The number of rotatable bonds is 2. The van der Waals surface area contributed by atoms with Crippen LogP contribution in [0.3, 0.4) is 0 Å². The first-order valence-electron chi connectivity index (χ1n) is 6.72. The van der Waals surface area contributed by atoms with Crippen molar-refractivity contribution < 1.29 is 0 Å². The van der Waals surface area contributed by atoms with Gasteiger partial charge >= 0.3 is 0 Å². The molecule has 0 bridgehead atoms. The highest BCUT2D eigenvalue weighted by molar-refractivity contribution is 6.31. The van der Waals surface area contributed by atoms with E-state index in [9.17, 15) is 0 Å². The second-order valence-electron chi connectivity index (χ2n) is 5.16. The first-order valence-corrected chi connectivity index (χ1v) is 7.10. The number of fused-ring (bicyclic) bond motifs is 1. The van der Waals surface area contributed by atoms with Gasteiger partial charge in [0.1, 0.15) is 0 Å². The lowest BCUT2D eigenvalue weighted by atomic mass is 10.1. The van der Waals surface area contributed by atoms with Gasteiger partial charge in [-0.25, -0.2) is 0 Å². The number of benzene rings is 1. The fourth-order valence-corrected chi connectivity index (χ4v) is 2.93. The molecular weight excluding hydrogens is 258 g/mol. The number of aromatic nitrogens is 1. The van der Waals surface area contributed by atoms with Gasteiger partial charge in [-0.3, -0.25) is 9.88 Å². The molecule has 1 fully saturated rings. The molecule has 1 aromatic heterocycles. The van der Waals surface area contributed by atoms with Gasteiger partial charge in [0.25, 0.3) is 0 Å². The molecule has 1 aromatic carbocycles. The fraction of sp³-hybridized carbons (Fsp3) is 0.400. The Hall–Kier alpha value is -1.16. The molecule has 1 N–H and O–H groups in total. The van der Waals surface area contributed by atoms with Crippen LogP contribution in [0.25, 0.3) is 10.9 Å². The Kier molecular flexibility index (Phi) is 3.69. The van der Waals surface area contributed by atoms with Gasteiger partial charge in [0, 0.05) is 48.8 Å². The van der Waals surface area contributed by atoms with E-state index in [1.54, 1.807) is 0 Å². The van der Waals surface area contributed by atoms with E-state index in [2.05, 4.69) is 28.2 Å². The van der Waals surface area contributed by atoms with Gasteiger partial charge in [0.05, 0.1) is 5.52 Å². The summed E-state index contributed by atoms with van der Waals surface area (Å²) in [5.41, 5.74) is 2.29. The topological polar surface area (TPSA) is 28.2 Å². The normalized spacial score (nSPS) is 20.8. The van der Waals surface area contributed by atoms with Crippen molar-refractivity contribution in [2.24, 2.45) is 0 Å². The third-order valence-electron chi connectivity index (χ3n) is 3.76. The Morgan fingerprint density at radius 2 is 2.37 bits per heavy atom. The molecular formula is C15H18ClN3. The standard InChI is InChI=1S/C15H18ClN3/c1-11-9-17-5-6-19(11)10-13-8-14(16)7-12-3-2-4-18-15(12)13/h2-4,7-8,11,17H,5-6,9-10H2,1H3/t11-/m0/s1. The summed E-state index contributed by atoms with van der Waals surface area (Å²) in [6.45, 7) is 6.34. The summed E-state index contributed by atoms with van der Waals surface area (Å²) in [6, 6.07) is 8.60. The molecule has 3 nitrogen and oxygen atoms in total. The Morgan fingerprint density at radius 3 is 3.21 bits per heavy atom. The van der Waals surface area contributed by atoms with Crippen LogP contribution in [0.5, 0.6) is 0 Å². The minimum absolute atomic E-state index is 0.548. The minimum Gasteiger partial charge on any atom is -0.314 e. The summed E-state index contributed by atoms with van der Waals surface area (Å²) in [4.78, 5) is 6.99. The first kappa shape index (κ1) is 12.9. The molecule has 0 unspecified atom stereocenters. The zero-order valence-electron chi connectivity index (χ0n) is 11.1. The zero-order chi connectivity index (χ0) is 13.2. The fourth-order valence-electron chi connectivity index (χ4n) is 2.68. The van der Waals surface area contributed by atoms with Crippen molar-refractivity contribution in [2.75, 3.05) is 19.6 Å². The monoisotopic (exact) mass is 275 g/mol. The van der Waals surface area contributed by atoms with Gasteiger partial charge < -0.3 is 5.32 Å². The molecule has 0 spiro atoms. The minimum atomic E-state index is 0.548. The van der Waals surface area contributed by atoms with Crippen LogP contribution in [-0.4, -0.2) is 35.6 Å². The van der Waals surface area contributed by atoms with Crippen molar-refractivity contribution in [1.82, 2.24) is 15.2 Å². The maximum absolute atomic E-state index is 6.22. The summed E-state index contributed by atoms with van der Waals surface area (Å²) >= 11 is 6.22. The SMILES string of the molecule is C[C@H]1CNCCN1Cc1cc(Cl)cc2cccnc12. The predicted octanol–water partition coefficient (Wildman–Crippen LogP) is 2.68. The lowest BCUT2D eigenvalue weighted by Crippen LogP contribution is -2.49. The molecule has 3 rings (SSSR count). The Morgan fingerprint density at radius 1 is 1.47 bits per heavy atom. The summed E-state index contributed by atoms with van der Waals surface area (Å²) in [5, 5.41) is 5.32. The van der Waals surface area contributed by atoms with Crippen LogP contribution in [0, 0.1) is 0 Å². The van der Waals surface area contributed by atoms with E-state index >= 15 is 0 Å². The van der Waals surface area contributed by atoms with Gasteiger partial charge in [-0.2, -0.15) is 0 Å². The largest absolute Gasteiger partial charge is 0.314 e. The van der Waals surface area contributed by atoms with Crippen molar-refractivity contribution in [3.8, 4) is 0 Å². The molecule has 100 valence electrons. The van der Waals surface area contributed by atoms with Crippen molar-refractivity contribution in [2.45, 2.75) is 19.5 Å². The molecule has 1 saturated heterocycles. The average Bonchev–Trinajstić information content (AvgIpc) is 2.41. The van der Waals surface area contributed by atoms with Crippen molar-refractivity contribution in [3.63, 3.8) is 0 Å². The molecule has 2 aromatic rings. The van der Waals surface area contributed by atoms with E-state index in [-0.39, 0.29) is 0 Å². The molecule has 1 aliphatic rings. The van der Waals surface area contributed by atoms with Crippen LogP contribution in [0.1, 0.15) is 12.5 Å². The Labute approximate surface area is 118 Å². The second-order valence-corrected chi connectivity index (χ2v) is 5.60. The van der Waals surface area contributed by atoms with E-state index in [0.29, 0.717) is 6.04 Å². The van der Waals surface area contributed by atoms with E-state index < -0.39 is 0 Å². The maximum Gasteiger partial charge on any atom is 0.0747 e. The highest BCUT2D eigenvalue weighted by Crippen LogP contribution is 2.24. The van der Waals surface area contributed by atoms with Crippen molar-refractivity contribution >= 4 is 22.5 Å². The third kappa shape index (κ3) is 2.73. The highest BCUT2D eigenvalue weighted by atomic mass is 35.5. The summed E-state index contributed by atoms with van der Waals surface area (Å²) < 4.78 is 0. The van der Waals surface area contributed by atoms with E-state index in [0.717, 1.165) is 42.1 Å². The van der Waals surface area contributed by atoms with Gasteiger partial charge in [0.2, 0.25) is 0 Å². The predicted molar refractivity (Wildman–Crippen MR) is 79.5 cm³/mol. The van der Waals surface area contributed by atoms with E-state index in [1.807, 2.05) is 24.4 Å². The van der Waals surface area contributed by atoms with Gasteiger partial charge in [-0.15, -0.1) is 0 Å². The van der Waals surface area contributed by atoms with Crippen LogP contribution < -0.4 is 5.32 Å². The number of halogens is 1. The second kappa shape index (κ2) is 5.45. The lowest BCUT2D eigenvalue weighted by Gasteiger charge is -2.34. The quantitative estimate of drug-likeness (QED) is 0.913. The average molecular weight is 276 g/mol. The van der Waals surface area contributed by atoms with Crippen molar-refractivity contribution in [3.05, 3.63) is 41.0 Å². The molecule has 2 heterocycles. The van der Waals surface area contributed by atoms with Crippen LogP contribution in [0.15, 0.2) is 30.5 Å².